The number of carbonyl (C=O) groups excluding carboxylic acids is 1. The largest absolute Gasteiger partial charge is 0.480 e. The lowest BCUT2D eigenvalue weighted by molar-refractivity contribution is -0.144. The summed E-state index contributed by atoms with van der Waals surface area (Å²) in [5, 5.41) is 27.1. The highest BCUT2D eigenvalue weighted by atomic mass is 35.5. The second-order valence-electron chi connectivity index (χ2n) is 6.86. The highest BCUT2D eigenvalue weighted by molar-refractivity contribution is 6.40. The number of amides is 1. The zero-order valence-corrected chi connectivity index (χ0v) is 17.1. The van der Waals surface area contributed by atoms with Crippen molar-refractivity contribution in [2.24, 2.45) is 5.73 Å². The molecule has 1 fully saturated rings. The number of halogens is 2. The van der Waals surface area contributed by atoms with Crippen molar-refractivity contribution in [1.29, 1.82) is 0 Å². The molecule has 26 heavy (non-hydrogen) atoms. The van der Waals surface area contributed by atoms with E-state index in [1.165, 1.54) is 0 Å². The molecule has 1 saturated heterocycles. The Morgan fingerprint density at radius 2 is 1.85 bits per heavy atom. The fourth-order valence-corrected chi connectivity index (χ4v) is 3.12. The highest BCUT2D eigenvalue weighted by Crippen LogP contribution is 2.23. The van der Waals surface area contributed by atoms with Gasteiger partial charge in [-0.1, -0.05) is 12.8 Å². The van der Waals surface area contributed by atoms with E-state index < -0.39 is 18.6 Å². The SMILES string of the molecule is CN(C)C(=O)[C@@H]1CCCN1CCC(N)(CCCCB(O)O)C(=O)O.Cl.Cl. The van der Waals surface area contributed by atoms with E-state index in [-0.39, 0.29) is 55.9 Å². The predicted molar refractivity (Wildman–Crippen MR) is 106 cm³/mol. The van der Waals surface area contributed by atoms with Crippen molar-refractivity contribution in [3.05, 3.63) is 0 Å². The second-order valence-corrected chi connectivity index (χ2v) is 6.86. The van der Waals surface area contributed by atoms with Crippen LogP contribution in [-0.4, -0.2) is 82.7 Å². The molecule has 0 radical (unpaired) electrons. The van der Waals surface area contributed by atoms with E-state index in [1.54, 1.807) is 19.0 Å². The lowest BCUT2D eigenvalue weighted by Crippen LogP contribution is -2.51. The fraction of sp³-hybridized carbons (Fsp3) is 0.867. The summed E-state index contributed by atoms with van der Waals surface area (Å²) < 4.78 is 0. The Labute approximate surface area is 168 Å². The molecule has 1 heterocycles. The lowest BCUT2D eigenvalue weighted by Gasteiger charge is -2.30. The number of unbranched alkanes of at least 4 members (excludes halogenated alkanes) is 1. The Balaban J connectivity index is 0. The van der Waals surface area contributed by atoms with Crippen LogP contribution in [0.25, 0.3) is 0 Å². The molecule has 1 aliphatic heterocycles. The van der Waals surface area contributed by atoms with Gasteiger partial charge in [-0.2, -0.15) is 0 Å². The molecule has 8 nitrogen and oxygen atoms in total. The summed E-state index contributed by atoms with van der Waals surface area (Å²) in [6.07, 6.45) is 3.48. The zero-order valence-electron chi connectivity index (χ0n) is 15.5. The van der Waals surface area contributed by atoms with Gasteiger partial charge >= 0.3 is 13.1 Å². The first kappa shape index (κ1) is 27.6. The third-order valence-corrected chi connectivity index (χ3v) is 4.70. The van der Waals surface area contributed by atoms with E-state index in [0.29, 0.717) is 19.4 Å². The van der Waals surface area contributed by atoms with E-state index in [9.17, 15) is 14.7 Å². The molecular weight excluding hydrogens is 384 g/mol. The van der Waals surface area contributed by atoms with Crippen molar-refractivity contribution < 1.29 is 24.7 Å². The molecule has 154 valence electrons. The van der Waals surface area contributed by atoms with Crippen LogP contribution < -0.4 is 5.73 Å². The van der Waals surface area contributed by atoms with Crippen molar-refractivity contribution in [3.63, 3.8) is 0 Å². The molecule has 11 heteroatoms. The number of likely N-dealkylation sites (N-methyl/N-ethyl adjacent to an activating group) is 1. The first-order chi connectivity index (χ1) is 11.2. The maximum atomic E-state index is 12.2. The maximum Gasteiger partial charge on any atom is 0.451 e. The van der Waals surface area contributed by atoms with Crippen LogP contribution >= 0.6 is 24.8 Å². The Kier molecular flexibility index (Phi) is 13.6. The summed E-state index contributed by atoms with van der Waals surface area (Å²) in [6.45, 7) is 1.24. The van der Waals surface area contributed by atoms with E-state index in [2.05, 4.69) is 0 Å². The van der Waals surface area contributed by atoms with E-state index in [0.717, 1.165) is 19.4 Å². The third kappa shape index (κ3) is 8.41. The van der Waals surface area contributed by atoms with E-state index >= 15 is 0 Å². The number of carboxylic acids is 1. The average molecular weight is 416 g/mol. The molecule has 1 amide bonds. The summed E-state index contributed by atoms with van der Waals surface area (Å²) in [5.41, 5.74) is 4.72. The molecule has 0 aliphatic carbocycles. The number of hydrogen-bond acceptors (Lipinski definition) is 6. The number of rotatable bonds is 10. The van der Waals surface area contributed by atoms with Gasteiger partial charge in [0.1, 0.15) is 5.54 Å². The molecule has 0 bridgehead atoms. The lowest BCUT2D eigenvalue weighted by atomic mass is 9.81. The van der Waals surface area contributed by atoms with Gasteiger partial charge in [-0.3, -0.25) is 14.5 Å². The normalized spacial score (nSPS) is 19.0. The van der Waals surface area contributed by atoms with E-state index in [1.807, 2.05) is 4.90 Å². The molecule has 1 aliphatic rings. The number of hydrogen-bond donors (Lipinski definition) is 4. The van der Waals surface area contributed by atoms with Gasteiger partial charge in [-0.05, 0) is 38.5 Å². The topological polar surface area (TPSA) is 127 Å². The zero-order chi connectivity index (χ0) is 18.3. The van der Waals surface area contributed by atoms with Crippen LogP contribution in [0.3, 0.4) is 0 Å². The smallest absolute Gasteiger partial charge is 0.451 e. The van der Waals surface area contributed by atoms with Gasteiger partial charge in [0, 0.05) is 20.6 Å². The number of likely N-dealkylation sites (tertiary alicyclic amines) is 1. The van der Waals surface area contributed by atoms with Crippen LogP contribution in [0.2, 0.25) is 6.32 Å². The van der Waals surface area contributed by atoms with Crippen molar-refractivity contribution in [2.75, 3.05) is 27.2 Å². The number of carboxylic acid groups (broad SMARTS) is 1. The van der Waals surface area contributed by atoms with Gasteiger partial charge in [-0.15, -0.1) is 24.8 Å². The first-order valence-electron chi connectivity index (χ1n) is 8.51. The summed E-state index contributed by atoms with van der Waals surface area (Å²) in [6, 6.07) is -0.192. The van der Waals surface area contributed by atoms with Crippen LogP contribution in [0, 0.1) is 0 Å². The fourth-order valence-electron chi connectivity index (χ4n) is 3.12. The maximum absolute atomic E-state index is 12.2. The molecule has 0 aromatic rings. The summed E-state index contributed by atoms with van der Waals surface area (Å²) in [5.74, 6) is -1.01. The molecule has 2 atom stereocenters. The molecule has 0 aromatic carbocycles. The Bertz CT molecular complexity index is 446. The monoisotopic (exact) mass is 415 g/mol. The molecule has 0 saturated carbocycles. The van der Waals surface area contributed by atoms with Crippen molar-refractivity contribution in [2.45, 2.75) is 56.4 Å². The van der Waals surface area contributed by atoms with E-state index in [4.69, 9.17) is 15.8 Å². The van der Waals surface area contributed by atoms with Gasteiger partial charge in [-0.25, -0.2) is 0 Å². The summed E-state index contributed by atoms with van der Waals surface area (Å²) in [4.78, 5) is 27.3. The number of aliphatic carboxylic acids is 1. The molecule has 0 aromatic heterocycles. The van der Waals surface area contributed by atoms with Crippen molar-refractivity contribution >= 4 is 43.8 Å². The second kappa shape index (κ2) is 12.7. The van der Waals surface area contributed by atoms with Gasteiger partial charge in [0.2, 0.25) is 5.91 Å². The molecular formula is C15H32BCl2N3O5. The summed E-state index contributed by atoms with van der Waals surface area (Å²) in [7, 11) is 2.07. The number of carbonyl (C=O) groups is 2. The summed E-state index contributed by atoms with van der Waals surface area (Å²) >= 11 is 0. The molecule has 1 rings (SSSR count). The minimum Gasteiger partial charge on any atom is -0.480 e. The Morgan fingerprint density at radius 1 is 1.23 bits per heavy atom. The molecule has 1 unspecified atom stereocenters. The Hall–Kier alpha value is -0.575. The van der Waals surface area contributed by atoms with Crippen LogP contribution in [0.4, 0.5) is 0 Å². The minimum atomic E-state index is -1.37. The van der Waals surface area contributed by atoms with Gasteiger partial charge in [0.15, 0.2) is 0 Å². The van der Waals surface area contributed by atoms with Crippen molar-refractivity contribution in [3.8, 4) is 0 Å². The third-order valence-electron chi connectivity index (χ3n) is 4.70. The standard InChI is InChI=1S/C15H30BN3O5.2ClH/c1-18(2)13(20)12-6-5-10-19(12)11-8-15(17,14(21)22)7-3-4-9-16(23)24;;/h12,23-24H,3-11,17H2,1-2H3,(H,21,22);2*1H/t12-,15?;;/m0../s1. The predicted octanol–water partition coefficient (Wildman–Crippen LogP) is 0.198. The highest BCUT2D eigenvalue weighted by Gasteiger charge is 2.37. The minimum absolute atomic E-state index is 0. The van der Waals surface area contributed by atoms with Crippen LogP contribution in [0.15, 0.2) is 0 Å². The van der Waals surface area contributed by atoms with Crippen LogP contribution in [-0.2, 0) is 9.59 Å². The first-order valence-corrected chi connectivity index (χ1v) is 8.51. The van der Waals surface area contributed by atoms with Crippen LogP contribution in [0.5, 0.6) is 0 Å². The molecule has 5 N–H and O–H groups in total. The number of nitrogens with zero attached hydrogens (tertiary/aromatic N) is 2. The van der Waals surface area contributed by atoms with Crippen LogP contribution in [0.1, 0.15) is 38.5 Å². The van der Waals surface area contributed by atoms with Gasteiger partial charge in [0.25, 0.3) is 0 Å². The Morgan fingerprint density at radius 3 is 2.35 bits per heavy atom. The van der Waals surface area contributed by atoms with Gasteiger partial charge in [0.05, 0.1) is 6.04 Å². The quantitative estimate of drug-likeness (QED) is 0.296. The van der Waals surface area contributed by atoms with Crippen molar-refractivity contribution in [1.82, 2.24) is 9.80 Å². The van der Waals surface area contributed by atoms with Gasteiger partial charge < -0.3 is 25.8 Å². The molecule has 0 spiro atoms. The average Bonchev–Trinajstić information content (AvgIpc) is 2.96. The number of nitrogens with two attached hydrogens (primary N) is 1.